The van der Waals surface area contributed by atoms with Crippen molar-refractivity contribution in [3.63, 3.8) is 0 Å². The van der Waals surface area contributed by atoms with Crippen LogP contribution >= 0.6 is 0 Å². The van der Waals surface area contributed by atoms with Gasteiger partial charge in [0.1, 0.15) is 5.69 Å². The largest absolute Gasteiger partial charge is 0.479 e. The molecule has 0 saturated heterocycles. The summed E-state index contributed by atoms with van der Waals surface area (Å²) in [4.78, 5) is 8.69. The summed E-state index contributed by atoms with van der Waals surface area (Å²) >= 11 is 0. The molecule has 0 radical (unpaired) electrons. The van der Waals surface area contributed by atoms with Crippen molar-refractivity contribution in [2.45, 2.75) is 6.92 Å². The first-order chi connectivity index (χ1) is 12.2. The minimum atomic E-state index is -0.200. The molecular formula is C21H16N2O2. The smallest absolute Gasteiger partial charge is 0.310 e. The van der Waals surface area contributed by atoms with Gasteiger partial charge in [0.15, 0.2) is 0 Å². The molecule has 2 aromatic carbocycles. The normalized spacial score (nSPS) is 14.5. The average molecular weight is 328 g/mol. The molecule has 0 atom stereocenters. The number of aromatic nitrogens is 1. The second-order valence-electron chi connectivity index (χ2n) is 5.86. The van der Waals surface area contributed by atoms with Gasteiger partial charge < -0.3 is 9.52 Å². The van der Waals surface area contributed by atoms with Gasteiger partial charge in [-0.3, -0.25) is 4.99 Å². The molecule has 3 aromatic rings. The number of nitrogens with zero attached hydrogens (tertiary/aromatic N) is 2. The molecule has 1 aromatic heterocycles. The van der Waals surface area contributed by atoms with E-state index >= 15 is 0 Å². The summed E-state index contributed by atoms with van der Waals surface area (Å²) < 4.78 is 5.33. The van der Waals surface area contributed by atoms with Crippen LogP contribution in [0, 0.1) is 6.92 Å². The monoisotopic (exact) mass is 328 g/mol. The van der Waals surface area contributed by atoms with Gasteiger partial charge in [-0.25, -0.2) is 4.98 Å². The molecule has 0 amide bonds. The average Bonchev–Trinajstić information content (AvgIpc) is 3.19. The number of benzene rings is 2. The number of fused-ring (bicyclic) bond motifs is 1. The fourth-order valence-corrected chi connectivity index (χ4v) is 2.65. The van der Waals surface area contributed by atoms with E-state index in [-0.39, 0.29) is 5.95 Å². The van der Waals surface area contributed by atoms with Crippen LogP contribution in [0.3, 0.4) is 0 Å². The molecular weight excluding hydrogens is 312 g/mol. The first kappa shape index (κ1) is 15.1. The molecule has 25 heavy (non-hydrogen) atoms. The van der Waals surface area contributed by atoms with Crippen LogP contribution in [0.1, 0.15) is 28.3 Å². The first-order valence-corrected chi connectivity index (χ1v) is 7.99. The summed E-state index contributed by atoms with van der Waals surface area (Å²) in [5, 5.41) is 10.0. The predicted molar refractivity (Wildman–Crippen MR) is 101 cm³/mol. The van der Waals surface area contributed by atoms with Crippen molar-refractivity contribution in [2.75, 3.05) is 0 Å². The third-order valence-electron chi connectivity index (χ3n) is 4.00. The Labute approximate surface area is 145 Å². The molecule has 4 heteroatoms. The molecule has 2 heterocycles. The number of aliphatic imine (C=N–C) groups is 1. The maximum atomic E-state index is 10.0. The van der Waals surface area contributed by atoms with Crippen molar-refractivity contribution in [1.82, 2.24) is 4.98 Å². The Morgan fingerprint density at radius 3 is 2.64 bits per heavy atom. The second kappa shape index (κ2) is 6.24. The van der Waals surface area contributed by atoms with Gasteiger partial charge in [-0.15, -0.1) is 0 Å². The van der Waals surface area contributed by atoms with E-state index in [4.69, 9.17) is 4.42 Å². The topological polar surface area (TPSA) is 58.6 Å². The molecule has 1 N–H and O–H groups in total. The van der Waals surface area contributed by atoms with Crippen molar-refractivity contribution in [3.8, 4) is 5.95 Å². The summed E-state index contributed by atoms with van der Waals surface area (Å²) in [6.07, 6.45) is 7.18. The molecule has 0 unspecified atom stereocenters. The van der Waals surface area contributed by atoms with Gasteiger partial charge in [-0.05, 0) is 30.7 Å². The molecule has 1 aliphatic rings. The van der Waals surface area contributed by atoms with E-state index in [1.54, 1.807) is 18.4 Å². The van der Waals surface area contributed by atoms with Crippen LogP contribution in [0.2, 0.25) is 0 Å². The third kappa shape index (κ3) is 3.15. The van der Waals surface area contributed by atoms with E-state index in [1.807, 2.05) is 61.5 Å². The van der Waals surface area contributed by atoms with Gasteiger partial charge in [0.2, 0.25) is 5.89 Å². The van der Waals surface area contributed by atoms with Gasteiger partial charge in [-0.2, -0.15) is 0 Å². The van der Waals surface area contributed by atoms with E-state index in [1.165, 1.54) is 5.56 Å². The molecule has 122 valence electrons. The fraction of sp³-hybridized carbons (Fsp3) is 0.0476. The van der Waals surface area contributed by atoms with Gasteiger partial charge in [0.25, 0.3) is 0 Å². The minimum absolute atomic E-state index is 0.200. The van der Waals surface area contributed by atoms with Crippen molar-refractivity contribution >= 4 is 35.7 Å². The highest BCUT2D eigenvalue weighted by Gasteiger charge is 2.14. The van der Waals surface area contributed by atoms with Gasteiger partial charge >= 0.3 is 5.95 Å². The van der Waals surface area contributed by atoms with E-state index in [0.29, 0.717) is 11.6 Å². The van der Waals surface area contributed by atoms with Gasteiger partial charge in [0, 0.05) is 23.4 Å². The summed E-state index contributed by atoms with van der Waals surface area (Å²) in [5.41, 5.74) is 5.46. The number of rotatable bonds is 3. The number of allylic oxidation sites excluding steroid dienone is 1. The molecule has 0 spiro atoms. The maximum Gasteiger partial charge on any atom is 0.310 e. The molecule has 0 fully saturated rings. The van der Waals surface area contributed by atoms with Crippen LogP contribution in [0.15, 0.2) is 57.9 Å². The van der Waals surface area contributed by atoms with Crippen molar-refractivity contribution in [1.29, 1.82) is 0 Å². The zero-order chi connectivity index (χ0) is 17.2. The maximum absolute atomic E-state index is 10.0. The molecule has 4 rings (SSSR count). The van der Waals surface area contributed by atoms with Crippen molar-refractivity contribution in [3.05, 3.63) is 76.8 Å². The highest BCUT2D eigenvalue weighted by molar-refractivity contribution is 6.21. The number of oxazole rings is 1. The predicted octanol–water partition coefficient (Wildman–Crippen LogP) is 5.12. The summed E-state index contributed by atoms with van der Waals surface area (Å²) in [7, 11) is 0. The van der Waals surface area contributed by atoms with E-state index in [9.17, 15) is 5.11 Å². The molecule has 0 bridgehead atoms. The standard InChI is InChI=1S/C21H16N2O2/c1-14-6-8-15(9-7-14)10-11-20-23-19(21(24)25-20)12-16-13-22-18-5-3-2-4-17(16)18/h2-13,24H,1H3/b11-10+,16-12+. The summed E-state index contributed by atoms with van der Waals surface area (Å²) in [5.74, 6) is 0.155. The quantitative estimate of drug-likeness (QED) is 0.726. The van der Waals surface area contributed by atoms with Crippen molar-refractivity contribution < 1.29 is 9.52 Å². The Bertz CT molecular complexity index is 1010. The highest BCUT2D eigenvalue weighted by atomic mass is 16.5. The minimum Gasteiger partial charge on any atom is -0.479 e. The number of aromatic hydroxyl groups is 1. The van der Waals surface area contributed by atoms with E-state index in [2.05, 4.69) is 9.98 Å². The van der Waals surface area contributed by atoms with Crippen LogP contribution < -0.4 is 0 Å². The van der Waals surface area contributed by atoms with Crippen LogP contribution in [0.4, 0.5) is 5.69 Å². The SMILES string of the molecule is Cc1ccc(/C=C/c2nc(/C=C3\C=Nc4ccccc43)c(O)o2)cc1. The molecule has 1 aliphatic heterocycles. The van der Waals surface area contributed by atoms with Crippen molar-refractivity contribution in [2.24, 2.45) is 4.99 Å². The highest BCUT2D eigenvalue weighted by Crippen LogP contribution is 2.33. The summed E-state index contributed by atoms with van der Waals surface area (Å²) in [6, 6.07) is 16.0. The van der Waals surface area contributed by atoms with E-state index < -0.39 is 0 Å². The Balaban J connectivity index is 1.60. The molecule has 0 saturated carbocycles. The zero-order valence-electron chi connectivity index (χ0n) is 13.7. The zero-order valence-corrected chi connectivity index (χ0v) is 13.7. The Morgan fingerprint density at radius 2 is 1.80 bits per heavy atom. The molecule has 4 nitrogen and oxygen atoms in total. The Kier molecular flexibility index (Phi) is 3.78. The Morgan fingerprint density at radius 1 is 1.00 bits per heavy atom. The van der Waals surface area contributed by atoms with Gasteiger partial charge in [-0.1, -0.05) is 48.0 Å². The third-order valence-corrected chi connectivity index (χ3v) is 4.00. The van der Waals surface area contributed by atoms with Crippen LogP contribution in [0.25, 0.3) is 23.8 Å². The second-order valence-corrected chi connectivity index (χ2v) is 5.86. The van der Waals surface area contributed by atoms with Gasteiger partial charge in [0.05, 0.1) is 5.69 Å². The first-order valence-electron chi connectivity index (χ1n) is 7.99. The Hall–Kier alpha value is -3.40. The molecule has 0 aliphatic carbocycles. The lowest BCUT2D eigenvalue weighted by molar-refractivity contribution is 0.328. The summed E-state index contributed by atoms with van der Waals surface area (Å²) in [6.45, 7) is 2.05. The van der Waals surface area contributed by atoms with Crippen LogP contribution in [-0.2, 0) is 0 Å². The fourth-order valence-electron chi connectivity index (χ4n) is 2.65. The number of hydrogen-bond donors (Lipinski definition) is 1. The number of para-hydroxylation sites is 1. The number of aryl methyl sites for hydroxylation is 1. The van der Waals surface area contributed by atoms with Crippen LogP contribution in [-0.4, -0.2) is 16.3 Å². The van der Waals surface area contributed by atoms with Crippen LogP contribution in [0.5, 0.6) is 5.95 Å². The lowest BCUT2D eigenvalue weighted by atomic mass is 10.1. The lowest BCUT2D eigenvalue weighted by Gasteiger charge is -1.97. The number of hydrogen-bond acceptors (Lipinski definition) is 4. The van der Waals surface area contributed by atoms with E-state index in [0.717, 1.165) is 22.4 Å². The lowest BCUT2D eigenvalue weighted by Crippen LogP contribution is -1.81.